The Bertz CT molecular complexity index is 608. The number of thioether (sulfide) groups is 1. The van der Waals surface area contributed by atoms with Gasteiger partial charge in [-0.05, 0) is 31.5 Å². The molecule has 0 atom stereocenters. The van der Waals surface area contributed by atoms with Crippen LogP contribution in [-0.4, -0.2) is 22.7 Å². The number of carboxylic acids is 1. The first-order valence-corrected chi connectivity index (χ1v) is 8.41. The van der Waals surface area contributed by atoms with Gasteiger partial charge in [-0.25, -0.2) is 4.98 Å². The molecule has 1 heterocycles. The van der Waals surface area contributed by atoms with Crippen molar-refractivity contribution >= 4 is 29.1 Å². The summed E-state index contributed by atoms with van der Waals surface area (Å²) in [7, 11) is 0. The Morgan fingerprint density at radius 2 is 2.10 bits per heavy atom. The molecule has 1 aromatic heterocycles. The third-order valence-electron chi connectivity index (χ3n) is 2.78. The van der Waals surface area contributed by atoms with Crippen LogP contribution in [0.3, 0.4) is 0 Å². The van der Waals surface area contributed by atoms with Crippen LogP contribution in [0.4, 0.5) is 0 Å². The summed E-state index contributed by atoms with van der Waals surface area (Å²) in [5.41, 5.74) is 2.01. The molecule has 1 aromatic carbocycles. The minimum atomic E-state index is -0.815. The Morgan fingerprint density at radius 3 is 2.71 bits per heavy atom. The van der Waals surface area contributed by atoms with Gasteiger partial charge in [-0.15, -0.1) is 11.3 Å². The molecule has 0 aliphatic carbocycles. The molecule has 4 nitrogen and oxygen atoms in total. The molecule has 0 amide bonds. The Labute approximate surface area is 132 Å². The van der Waals surface area contributed by atoms with E-state index in [2.05, 4.69) is 4.98 Å². The number of ether oxygens (including phenoxy) is 1. The van der Waals surface area contributed by atoms with E-state index in [9.17, 15) is 4.79 Å². The van der Waals surface area contributed by atoms with Gasteiger partial charge in [0.2, 0.25) is 0 Å². The number of nitrogens with zero attached hydrogens (tertiary/aromatic N) is 1. The van der Waals surface area contributed by atoms with Crippen LogP contribution in [0, 0.1) is 6.92 Å². The number of hydrogen-bond acceptors (Lipinski definition) is 5. The van der Waals surface area contributed by atoms with Gasteiger partial charge in [0.15, 0.2) is 4.34 Å². The SMILES string of the molecule is CCOc1ccc(CSc2nc(C)c(CC(=O)O)s2)cc1. The van der Waals surface area contributed by atoms with Gasteiger partial charge >= 0.3 is 5.97 Å². The van der Waals surface area contributed by atoms with Crippen LogP contribution >= 0.6 is 23.1 Å². The molecule has 0 saturated heterocycles. The minimum Gasteiger partial charge on any atom is -0.494 e. The van der Waals surface area contributed by atoms with E-state index in [1.165, 1.54) is 16.9 Å². The maximum atomic E-state index is 10.8. The van der Waals surface area contributed by atoms with Crippen molar-refractivity contribution in [1.29, 1.82) is 0 Å². The van der Waals surface area contributed by atoms with Crippen LogP contribution in [0.2, 0.25) is 0 Å². The van der Waals surface area contributed by atoms with Gasteiger partial charge in [0, 0.05) is 10.6 Å². The highest BCUT2D eigenvalue weighted by molar-refractivity contribution is 8.00. The first kappa shape index (κ1) is 15.9. The van der Waals surface area contributed by atoms with Gasteiger partial charge in [-0.2, -0.15) is 0 Å². The predicted octanol–water partition coefficient (Wildman–Crippen LogP) is 3.77. The first-order valence-electron chi connectivity index (χ1n) is 6.61. The molecular weight excluding hydrogens is 306 g/mol. The molecule has 0 unspecified atom stereocenters. The van der Waals surface area contributed by atoms with Crippen molar-refractivity contribution in [1.82, 2.24) is 4.98 Å². The lowest BCUT2D eigenvalue weighted by molar-refractivity contribution is -0.136. The maximum Gasteiger partial charge on any atom is 0.308 e. The van der Waals surface area contributed by atoms with Crippen LogP contribution < -0.4 is 4.74 Å². The summed E-state index contributed by atoms with van der Waals surface area (Å²) in [5.74, 6) is 0.871. The van der Waals surface area contributed by atoms with Gasteiger partial charge in [-0.1, -0.05) is 23.9 Å². The third kappa shape index (κ3) is 4.75. The number of hydrogen-bond donors (Lipinski definition) is 1. The van der Waals surface area contributed by atoms with E-state index in [1.807, 2.05) is 38.1 Å². The standard InChI is InChI=1S/C15H17NO3S2/c1-3-19-12-6-4-11(5-7-12)9-20-15-16-10(2)13(21-15)8-14(17)18/h4-7H,3,8-9H2,1-2H3,(H,17,18). The largest absolute Gasteiger partial charge is 0.494 e. The van der Waals surface area contributed by atoms with Crippen LogP contribution in [0.15, 0.2) is 28.6 Å². The van der Waals surface area contributed by atoms with E-state index in [4.69, 9.17) is 9.84 Å². The smallest absolute Gasteiger partial charge is 0.308 e. The summed E-state index contributed by atoms with van der Waals surface area (Å²) in [6, 6.07) is 8.00. The molecule has 0 aliphatic heterocycles. The second-order valence-electron chi connectivity index (χ2n) is 4.42. The van der Waals surface area contributed by atoms with E-state index < -0.39 is 5.97 Å². The summed E-state index contributed by atoms with van der Waals surface area (Å²) in [5, 5.41) is 8.84. The molecule has 0 spiro atoms. The van der Waals surface area contributed by atoms with Gasteiger partial charge in [0.1, 0.15) is 5.75 Å². The van der Waals surface area contributed by atoms with Gasteiger partial charge in [0.05, 0.1) is 18.7 Å². The zero-order valence-corrected chi connectivity index (χ0v) is 13.6. The van der Waals surface area contributed by atoms with Crippen LogP contribution in [-0.2, 0) is 17.0 Å². The highest BCUT2D eigenvalue weighted by Gasteiger charge is 2.11. The van der Waals surface area contributed by atoms with Crippen LogP contribution in [0.25, 0.3) is 0 Å². The lowest BCUT2D eigenvalue weighted by Crippen LogP contribution is -1.99. The average Bonchev–Trinajstić information content (AvgIpc) is 2.78. The molecule has 0 aliphatic rings. The molecule has 0 fully saturated rings. The molecule has 0 radical (unpaired) electrons. The molecule has 1 N–H and O–H groups in total. The Balaban J connectivity index is 1.94. The quantitative estimate of drug-likeness (QED) is 0.786. The van der Waals surface area contributed by atoms with Gasteiger partial charge in [-0.3, -0.25) is 4.79 Å². The number of thiazole rings is 1. The summed E-state index contributed by atoms with van der Waals surface area (Å²) in [4.78, 5) is 16.0. The van der Waals surface area contributed by atoms with E-state index in [0.717, 1.165) is 26.4 Å². The van der Waals surface area contributed by atoms with Crippen molar-refractivity contribution in [3.63, 3.8) is 0 Å². The number of aliphatic carboxylic acids is 1. The van der Waals surface area contributed by atoms with Gasteiger partial charge < -0.3 is 9.84 Å². The Hall–Kier alpha value is -1.53. The zero-order valence-electron chi connectivity index (χ0n) is 12.0. The van der Waals surface area contributed by atoms with Gasteiger partial charge in [0.25, 0.3) is 0 Å². The van der Waals surface area contributed by atoms with Crippen LogP contribution in [0.1, 0.15) is 23.1 Å². The zero-order chi connectivity index (χ0) is 15.2. The number of rotatable bonds is 7. The van der Waals surface area contributed by atoms with Crippen molar-refractivity contribution in [2.24, 2.45) is 0 Å². The number of aryl methyl sites for hydroxylation is 1. The molecular formula is C15H17NO3S2. The van der Waals surface area contributed by atoms with E-state index in [0.29, 0.717) is 6.61 Å². The van der Waals surface area contributed by atoms with Crippen molar-refractivity contribution in [3.8, 4) is 5.75 Å². The summed E-state index contributed by atoms with van der Waals surface area (Å²) in [6.45, 7) is 4.48. The number of carboxylic acid groups (broad SMARTS) is 1. The molecule has 0 saturated carbocycles. The van der Waals surface area contributed by atoms with E-state index in [-0.39, 0.29) is 6.42 Å². The molecule has 0 bridgehead atoms. The van der Waals surface area contributed by atoms with Crippen molar-refractivity contribution < 1.29 is 14.6 Å². The highest BCUT2D eigenvalue weighted by Crippen LogP contribution is 2.30. The fraction of sp³-hybridized carbons (Fsp3) is 0.333. The molecule has 112 valence electrons. The number of carbonyl (C=O) groups is 1. The topological polar surface area (TPSA) is 59.4 Å². The summed E-state index contributed by atoms with van der Waals surface area (Å²) >= 11 is 3.09. The monoisotopic (exact) mass is 323 g/mol. The maximum absolute atomic E-state index is 10.8. The second-order valence-corrected chi connectivity index (χ2v) is 6.73. The van der Waals surface area contributed by atoms with Crippen molar-refractivity contribution in [2.75, 3.05) is 6.61 Å². The first-order chi connectivity index (χ1) is 10.1. The number of aromatic nitrogens is 1. The fourth-order valence-electron chi connectivity index (χ4n) is 1.76. The molecule has 2 aromatic rings. The van der Waals surface area contributed by atoms with Crippen molar-refractivity contribution in [2.45, 2.75) is 30.4 Å². The van der Waals surface area contributed by atoms with E-state index >= 15 is 0 Å². The average molecular weight is 323 g/mol. The predicted molar refractivity (Wildman–Crippen MR) is 85.4 cm³/mol. The number of benzene rings is 1. The normalized spacial score (nSPS) is 10.6. The molecule has 2 rings (SSSR count). The fourth-order valence-corrected chi connectivity index (χ4v) is 3.94. The summed E-state index contributed by atoms with van der Waals surface area (Å²) < 4.78 is 6.32. The highest BCUT2D eigenvalue weighted by atomic mass is 32.2. The van der Waals surface area contributed by atoms with E-state index in [1.54, 1.807) is 11.8 Å². The molecule has 21 heavy (non-hydrogen) atoms. The molecule has 6 heteroatoms. The minimum absolute atomic E-state index is 0.0487. The lowest BCUT2D eigenvalue weighted by Gasteiger charge is -2.04. The van der Waals surface area contributed by atoms with Crippen molar-refractivity contribution in [3.05, 3.63) is 40.4 Å². The van der Waals surface area contributed by atoms with Crippen LogP contribution in [0.5, 0.6) is 5.75 Å². The lowest BCUT2D eigenvalue weighted by atomic mass is 10.2. The summed E-state index contributed by atoms with van der Waals surface area (Å²) in [6.07, 6.45) is 0.0487. The third-order valence-corrected chi connectivity index (χ3v) is 5.15. The Morgan fingerprint density at radius 1 is 1.38 bits per heavy atom. The second kappa shape index (κ2) is 7.47. The Kier molecular flexibility index (Phi) is 5.64.